The standard InChI is InChI=1S/C16H24N2O3.ClH/c1-2-20-16(19)18-12-10-17(11-13-18)9-6-14-21-15-7-4-3-5-8-15;/h3-5,7-8H,2,6,9-14H2,1H3;1H. The predicted octanol–water partition coefficient (Wildman–Crippen LogP) is 2.65. The second-order valence-electron chi connectivity index (χ2n) is 5.04. The van der Waals surface area contributed by atoms with Crippen LogP contribution in [-0.2, 0) is 4.74 Å². The number of rotatable bonds is 6. The van der Waals surface area contributed by atoms with E-state index in [0.29, 0.717) is 6.61 Å². The van der Waals surface area contributed by atoms with Crippen molar-refractivity contribution in [3.8, 4) is 5.75 Å². The number of para-hydroxylation sites is 1. The zero-order valence-corrected chi connectivity index (χ0v) is 13.9. The molecule has 1 aromatic rings. The first kappa shape index (κ1) is 18.6. The van der Waals surface area contributed by atoms with Gasteiger partial charge in [0, 0.05) is 32.7 Å². The lowest BCUT2D eigenvalue weighted by molar-refractivity contribution is 0.0782. The smallest absolute Gasteiger partial charge is 0.409 e. The van der Waals surface area contributed by atoms with E-state index in [1.54, 1.807) is 4.90 Å². The fourth-order valence-electron chi connectivity index (χ4n) is 2.36. The molecule has 0 atom stereocenters. The van der Waals surface area contributed by atoms with Gasteiger partial charge >= 0.3 is 6.09 Å². The number of nitrogens with zero attached hydrogens (tertiary/aromatic N) is 2. The van der Waals surface area contributed by atoms with E-state index >= 15 is 0 Å². The van der Waals surface area contributed by atoms with E-state index in [9.17, 15) is 4.79 Å². The van der Waals surface area contributed by atoms with Gasteiger partial charge in [0.15, 0.2) is 0 Å². The minimum absolute atomic E-state index is 0. The lowest BCUT2D eigenvalue weighted by Gasteiger charge is -2.33. The van der Waals surface area contributed by atoms with Gasteiger partial charge in [-0.3, -0.25) is 4.90 Å². The zero-order valence-electron chi connectivity index (χ0n) is 13.1. The average molecular weight is 329 g/mol. The summed E-state index contributed by atoms with van der Waals surface area (Å²) in [5.74, 6) is 0.921. The van der Waals surface area contributed by atoms with E-state index < -0.39 is 0 Å². The van der Waals surface area contributed by atoms with Crippen molar-refractivity contribution in [1.29, 1.82) is 0 Å². The molecule has 124 valence electrons. The Labute approximate surface area is 138 Å². The van der Waals surface area contributed by atoms with Crippen LogP contribution in [0.15, 0.2) is 30.3 Å². The van der Waals surface area contributed by atoms with Gasteiger partial charge < -0.3 is 14.4 Å². The van der Waals surface area contributed by atoms with Gasteiger partial charge in [0.2, 0.25) is 0 Å². The Kier molecular flexibility index (Phi) is 8.70. The summed E-state index contributed by atoms with van der Waals surface area (Å²) in [4.78, 5) is 15.7. The van der Waals surface area contributed by atoms with Gasteiger partial charge in [-0.25, -0.2) is 4.79 Å². The molecule has 5 nitrogen and oxygen atoms in total. The number of ether oxygens (including phenoxy) is 2. The van der Waals surface area contributed by atoms with Crippen LogP contribution in [0, 0.1) is 0 Å². The van der Waals surface area contributed by atoms with Crippen LogP contribution in [0.5, 0.6) is 5.75 Å². The Morgan fingerprint density at radius 2 is 1.82 bits per heavy atom. The molecule has 1 aliphatic rings. The Morgan fingerprint density at radius 3 is 2.45 bits per heavy atom. The summed E-state index contributed by atoms with van der Waals surface area (Å²) >= 11 is 0. The van der Waals surface area contributed by atoms with Crippen molar-refractivity contribution < 1.29 is 14.3 Å². The van der Waals surface area contributed by atoms with E-state index in [1.807, 2.05) is 37.3 Å². The molecule has 1 aromatic carbocycles. The van der Waals surface area contributed by atoms with E-state index in [2.05, 4.69) is 4.90 Å². The van der Waals surface area contributed by atoms with E-state index in [1.165, 1.54) is 0 Å². The van der Waals surface area contributed by atoms with Crippen molar-refractivity contribution in [2.75, 3.05) is 45.9 Å². The normalized spacial score (nSPS) is 15.0. The number of halogens is 1. The highest BCUT2D eigenvalue weighted by Gasteiger charge is 2.21. The summed E-state index contributed by atoms with van der Waals surface area (Å²) in [7, 11) is 0. The molecule has 0 radical (unpaired) electrons. The van der Waals surface area contributed by atoms with Crippen LogP contribution >= 0.6 is 12.4 Å². The van der Waals surface area contributed by atoms with Crippen LogP contribution in [-0.4, -0.2) is 61.8 Å². The van der Waals surface area contributed by atoms with Crippen LogP contribution < -0.4 is 4.74 Å². The zero-order chi connectivity index (χ0) is 14.9. The summed E-state index contributed by atoms with van der Waals surface area (Å²) in [5.41, 5.74) is 0. The number of carbonyl (C=O) groups is 1. The largest absolute Gasteiger partial charge is 0.494 e. The molecule has 0 aromatic heterocycles. The number of carbonyl (C=O) groups excluding carboxylic acids is 1. The summed E-state index contributed by atoms with van der Waals surface area (Å²) in [6.07, 6.45) is 0.804. The molecule has 0 N–H and O–H groups in total. The quantitative estimate of drug-likeness (QED) is 0.753. The lowest BCUT2D eigenvalue weighted by Crippen LogP contribution is -2.49. The summed E-state index contributed by atoms with van der Waals surface area (Å²) in [5, 5.41) is 0. The van der Waals surface area contributed by atoms with Crippen molar-refractivity contribution in [2.45, 2.75) is 13.3 Å². The van der Waals surface area contributed by atoms with Crippen molar-refractivity contribution in [3.05, 3.63) is 30.3 Å². The third kappa shape index (κ3) is 6.12. The summed E-state index contributed by atoms with van der Waals surface area (Å²) < 4.78 is 10.7. The third-order valence-electron chi connectivity index (χ3n) is 3.53. The Hall–Kier alpha value is -1.46. The number of amides is 1. The van der Waals surface area contributed by atoms with Gasteiger partial charge in [-0.2, -0.15) is 0 Å². The number of piperazine rings is 1. The molecule has 0 spiro atoms. The molecule has 6 heteroatoms. The molecular formula is C16H25ClN2O3. The minimum atomic E-state index is -0.190. The fourth-order valence-corrected chi connectivity index (χ4v) is 2.36. The van der Waals surface area contributed by atoms with Gasteiger partial charge in [0.05, 0.1) is 13.2 Å². The van der Waals surface area contributed by atoms with Crippen LogP contribution in [0.3, 0.4) is 0 Å². The maximum Gasteiger partial charge on any atom is 0.409 e. The number of hydrogen-bond donors (Lipinski definition) is 0. The Balaban J connectivity index is 0.00000242. The van der Waals surface area contributed by atoms with E-state index in [-0.39, 0.29) is 18.5 Å². The molecule has 1 fully saturated rings. The fraction of sp³-hybridized carbons (Fsp3) is 0.562. The molecule has 22 heavy (non-hydrogen) atoms. The van der Waals surface area contributed by atoms with Gasteiger partial charge in [0.25, 0.3) is 0 Å². The first-order chi connectivity index (χ1) is 10.3. The molecule has 0 bridgehead atoms. The summed E-state index contributed by atoms with van der Waals surface area (Å²) in [6, 6.07) is 9.87. The molecular weight excluding hydrogens is 304 g/mol. The molecule has 1 saturated heterocycles. The van der Waals surface area contributed by atoms with Crippen LogP contribution in [0.2, 0.25) is 0 Å². The molecule has 0 aliphatic carbocycles. The molecule has 1 amide bonds. The second kappa shape index (κ2) is 10.3. The second-order valence-corrected chi connectivity index (χ2v) is 5.04. The van der Waals surface area contributed by atoms with E-state index in [4.69, 9.17) is 9.47 Å². The van der Waals surface area contributed by atoms with Gasteiger partial charge in [-0.15, -0.1) is 12.4 Å². The predicted molar refractivity (Wildman–Crippen MR) is 88.8 cm³/mol. The molecule has 2 rings (SSSR count). The van der Waals surface area contributed by atoms with Crippen molar-refractivity contribution in [2.24, 2.45) is 0 Å². The first-order valence-corrected chi connectivity index (χ1v) is 7.61. The number of benzene rings is 1. The summed E-state index contributed by atoms with van der Waals surface area (Å²) in [6.45, 7) is 7.31. The molecule has 0 unspecified atom stereocenters. The van der Waals surface area contributed by atoms with Crippen molar-refractivity contribution in [3.63, 3.8) is 0 Å². The Morgan fingerprint density at radius 1 is 1.14 bits per heavy atom. The Bertz CT molecular complexity index is 423. The maximum absolute atomic E-state index is 11.6. The average Bonchev–Trinajstić information content (AvgIpc) is 2.53. The van der Waals surface area contributed by atoms with Gasteiger partial charge in [0.1, 0.15) is 5.75 Å². The van der Waals surface area contributed by atoms with Crippen LogP contribution in [0.4, 0.5) is 4.79 Å². The van der Waals surface area contributed by atoms with Crippen molar-refractivity contribution in [1.82, 2.24) is 9.80 Å². The maximum atomic E-state index is 11.6. The third-order valence-corrected chi connectivity index (χ3v) is 3.53. The first-order valence-electron chi connectivity index (χ1n) is 7.61. The SMILES string of the molecule is CCOC(=O)N1CCN(CCCOc2ccccc2)CC1.Cl. The van der Waals surface area contributed by atoms with E-state index in [0.717, 1.165) is 51.5 Å². The monoisotopic (exact) mass is 328 g/mol. The minimum Gasteiger partial charge on any atom is -0.494 e. The van der Waals surface area contributed by atoms with Crippen molar-refractivity contribution >= 4 is 18.5 Å². The topological polar surface area (TPSA) is 42.0 Å². The van der Waals surface area contributed by atoms with Crippen LogP contribution in [0.25, 0.3) is 0 Å². The molecule has 1 heterocycles. The number of hydrogen-bond acceptors (Lipinski definition) is 4. The highest BCUT2D eigenvalue weighted by molar-refractivity contribution is 5.85. The van der Waals surface area contributed by atoms with Gasteiger partial charge in [-0.05, 0) is 25.5 Å². The highest BCUT2D eigenvalue weighted by Crippen LogP contribution is 2.09. The van der Waals surface area contributed by atoms with Gasteiger partial charge in [-0.1, -0.05) is 18.2 Å². The van der Waals surface area contributed by atoms with Crippen LogP contribution in [0.1, 0.15) is 13.3 Å². The highest BCUT2D eigenvalue weighted by atomic mass is 35.5. The molecule has 1 aliphatic heterocycles. The lowest BCUT2D eigenvalue weighted by atomic mass is 10.3. The molecule has 0 saturated carbocycles.